The Labute approximate surface area is 186 Å². The average Bonchev–Trinajstić information content (AvgIpc) is 3.34. The van der Waals surface area contributed by atoms with Crippen LogP contribution in [0.4, 0.5) is 0 Å². The number of nitrogens with zero attached hydrogens (tertiary/aromatic N) is 2. The van der Waals surface area contributed by atoms with E-state index in [9.17, 15) is 0 Å². The summed E-state index contributed by atoms with van der Waals surface area (Å²) in [4.78, 5) is 4.84. The van der Waals surface area contributed by atoms with Gasteiger partial charge in [0.05, 0.1) is 0 Å². The second-order valence-electron chi connectivity index (χ2n) is 7.49. The lowest BCUT2D eigenvalue weighted by Gasteiger charge is -2.15. The summed E-state index contributed by atoms with van der Waals surface area (Å²) >= 11 is 0. The van der Waals surface area contributed by atoms with E-state index < -0.39 is 0 Å². The number of aryl methyl sites for hydroxylation is 1. The molecule has 1 aliphatic rings. The maximum absolute atomic E-state index is 5.53. The lowest BCUT2D eigenvalue weighted by molar-refractivity contribution is 0.129. The summed E-state index contributed by atoms with van der Waals surface area (Å²) in [6.07, 6.45) is 6.94. The topological polar surface area (TPSA) is 50.6 Å². The van der Waals surface area contributed by atoms with E-state index in [-0.39, 0.29) is 24.0 Å². The monoisotopic (exact) mass is 498 g/mol. The number of rotatable bonds is 11. The van der Waals surface area contributed by atoms with Crippen molar-refractivity contribution in [3.05, 3.63) is 36.5 Å². The van der Waals surface area contributed by atoms with Gasteiger partial charge in [-0.15, -0.1) is 24.0 Å². The first-order valence-electron chi connectivity index (χ1n) is 10.4. The summed E-state index contributed by atoms with van der Waals surface area (Å²) in [6.45, 7) is 9.56. The molecule has 2 N–H and O–H groups in total. The van der Waals surface area contributed by atoms with Crippen molar-refractivity contribution in [2.75, 3.05) is 32.8 Å². The first-order chi connectivity index (χ1) is 13.3. The van der Waals surface area contributed by atoms with Crippen molar-refractivity contribution in [1.29, 1.82) is 0 Å². The Balaban J connectivity index is 0.00000280. The Hall–Kier alpha value is -1.28. The normalized spacial score (nSPS) is 15.3. The van der Waals surface area contributed by atoms with Crippen LogP contribution in [0.3, 0.4) is 0 Å². The van der Waals surface area contributed by atoms with Crippen LogP contribution in [-0.4, -0.2) is 43.4 Å². The molecule has 0 atom stereocenters. The number of aromatic nitrogens is 1. The third-order valence-corrected chi connectivity index (χ3v) is 5.40. The molecule has 1 aliphatic carbocycles. The fraction of sp³-hybridized carbons (Fsp3) is 0.591. The molecule has 28 heavy (non-hydrogen) atoms. The summed E-state index contributed by atoms with van der Waals surface area (Å²) in [6, 6.07) is 10.7. The van der Waals surface area contributed by atoms with E-state index in [1.807, 2.05) is 0 Å². The van der Waals surface area contributed by atoms with Crippen LogP contribution in [0.15, 0.2) is 41.5 Å². The number of halogens is 1. The van der Waals surface area contributed by atoms with Crippen LogP contribution in [0.2, 0.25) is 0 Å². The quantitative estimate of drug-likeness (QED) is 0.209. The van der Waals surface area contributed by atoms with Crippen LogP contribution in [0.5, 0.6) is 0 Å². The molecule has 0 bridgehead atoms. The molecule has 1 fully saturated rings. The third-order valence-electron chi connectivity index (χ3n) is 5.40. The molecule has 1 aromatic carbocycles. The second-order valence-corrected chi connectivity index (χ2v) is 7.49. The van der Waals surface area contributed by atoms with Gasteiger partial charge in [-0.25, -0.2) is 0 Å². The van der Waals surface area contributed by atoms with Crippen molar-refractivity contribution in [3.63, 3.8) is 0 Å². The number of hydrogen-bond acceptors (Lipinski definition) is 2. The van der Waals surface area contributed by atoms with Crippen LogP contribution >= 0.6 is 24.0 Å². The number of hydrogen-bond donors (Lipinski definition) is 2. The Bertz CT molecular complexity index is 739. The molecular weight excluding hydrogens is 463 g/mol. The van der Waals surface area contributed by atoms with Crippen LogP contribution in [0.1, 0.15) is 39.5 Å². The van der Waals surface area contributed by atoms with E-state index in [0.717, 1.165) is 58.2 Å². The van der Waals surface area contributed by atoms with Crippen LogP contribution in [0, 0.1) is 5.41 Å². The highest BCUT2D eigenvalue weighted by Crippen LogP contribution is 2.48. The Morgan fingerprint density at radius 3 is 2.75 bits per heavy atom. The molecule has 1 saturated carbocycles. The maximum Gasteiger partial charge on any atom is 0.191 e. The number of fused-ring (bicyclic) bond motifs is 1. The van der Waals surface area contributed by atoms with Gasteiger partial charge in [0.25, 0.3) is 0 Å². The third kappa shape index (κ3) is 6.65. The molecule has 2 aromatic rings. The van der Waals surface area contributed by atoms with E-state index in [1.165, 1.54) is 23.7 Å². The van der Waals surface area contributed by atoms with Crippen LogP contribution < -0.4 is 10.6 Å². The summed E-state index contributed by atoms with van der Waals surface area (Å²) < 4.78 is 7.85. The molecule has 6 heteroatoms. The van der Waals surface area contributed by atoms with E-state index in [0.29, 0.717) is 5.41 Å². The SMILES string of the molecule is CCNC(=NCC1(CCOCC)CC1)NCCCn1ccc2ccccc21.I. The number of guanidine groups is 1. The molecule has 0 radical (unpaired) electrons. The second kappa shape index (κ2) is 11.7. The Morgan fingerprint density at radius 2 is 2.00 bits per heavy atom. The molecule has 1 aromatic heterocycles. The van der Waals surface area contributed by atoms with Crippen LogP contribution in [-0.2, 0) is 11.3 Å². The van der Waals surface area contributed by atoms with E-state index in [2.05, 4.69) is 65.6 Å². The van der Waals surface area contributed by atoms with Gasteiger partial charge in [0, 0.05) is 51.1 Å². The van der Waals surface area contributed by atoms with Gasteiger partial charge >= 0.3 is 0 Å². The smallest absolute Gasteiger partial charge is 0.191 e. The standard InChI is InChI=1S/C22H34N4O.HI/c1-3-23-21(25-18-22(11-12-22)13-17-27-4-2)24-14-7-15-26-16-10-19-8-5-6-9-20(19)26;/h5-6,8-10,16H,3-4,7,11-15,17-18H2,1-2H3,(H2,23,24,25);1H. The van der Waals surface area contributed by atoms with E-state index in [4.69, 9.17) is 9.73 Å². The summed E-state index contributed by atoms with van der Waals surface area (Å²) in [5.74, 6) is 0.942. The largest absolute Gasteiger partial charge is 0.382 e. The van der Waals surface area contributed by atoms with Crippen molar-refractivity contribution in [1.82, 2.24) is 15.2 Å². The number of benzene rings is 1. The fourth-order valence-electron chi connectivity index (χ4n) is 3.48. The Kier molecular flexibility index (Phi) is 9.58. The highest BCUT2D eigenvalue weighted by molar-refractivity contribution is 14.0. The van der Waals surface area contributed by atoms with Crippen molar-refractivity contribution in [2.45, 2.75) is 46.1 Å². The zero-order chi connectivity index (χ0) is 19.0. The molecule has 3 rings (SSSR count). The van der Waals surface area contributed by atoms with Gasteiger partial charge in [-0.05, 0) is 62.5 Å². The lowest BCUT2D eigenvalue weighted by Crippen LogP contribution is -2.38. The van der Waals surface area contributed by atoms with Gasteiger partial charge in [-0.3, -0.25) is 4.99 Å². The lowest BCUT2D eigenvalue weighted by atomic mass is 10.0. The molecule has 0 saturated heterocycles. The predicted molar refractivity (Wildman–Crippen MR) is 129 cm³/mol. The zero-order valence-corrected chi connectivity index (χ0v) is 19.6. The number of ether oxygens (including phenoxy) is 1. The number of aliphatic imine (C=N–C) groups is 1. The molecule has 0 spiro atoms. The first-order valence-corrected chi connectivity index (χ1v) is 10.4. The average molecular weight is 498 g/mol. The molecule has 0 aliphatic heterocycles. The summed E-state index contributed by atoms with van der Waals surface area (Å²) in [7, 11) is 0. The van der Waals surface area contributed by atoms with Crippen molar-refractivity contribution < 1.29 is 4.74 Å². The van der Waals surface area contributed by atoms with E-state index in [1.54, 1.807) is 0 Å². The van der Waals surface area contributed by atoms with Gasteiger partial charge in [-0.2, -0.15) is 0 Å². The van der Waals surface area contributed by atoms with Crippen LogP contribution in [0.25, 0.3) is 10.9 Å². The van der Waals surface area contributed by atoms with Crippen molar-refractivity contribution in [2.24, 2.45) is 10.4 Å². The van der Waals surface area contributed by atoms with Crippen molar-refractivity contribution in [3.8, 4) is 0 Å². The van der Waals surface area contributed by atoms with Gasteiger partial charge in [0.2, 0.25) is 0 Å². The number of nitrogens with one attached hydrogen (secondary N) is 2. The molecule has 156 valence electrons. The molecule has 5 nitrogen and oxygen atoms in total. The highest BCUT2D eigenvalue weighted by Gasteiger charge is 2.41. The predicted octanol–water partition coefficient (Wildman–Crippen LogP) is 4.41. The zero-order valence-electron chi connectivity index (χ0n) is 17.2. The highest BCUT2D eigenvalue weighted by atomic mass is 127. The minimum Gasteiger partial charge on any atom is -0.382 e. The first kappa shape index (κ1) is 23.0. The molecule has 0 amide bonds. The minimum absolute atomic E-state index is 0. The van der Waals surface area contributed by atoms with Gasteiger partial charge < -0.3 is 19.9 Å². The summed E-state index contributed by atoms with van der Waals surface area (Å²) in [5.41, 5.74) is 1.70. The fourth-order valence-corrected chi connectivity index (χ4v) is 3.48. The van der Waals surface area contributed by atoms with E-state index >= 15 is 0 Å². The van der Waals surface area contributed by atoms with Crippen molar-refractivity contribution >= 4 is 40.8 Å². The number of para-hydroxylation sites is 1. The summed E-state index contributed by atoms with van der Waals surface area (Å²) in [5, 5.41) is 8.18. The van der Waals surface area contributed by atoms with Gasteiger partial charge in [-0.1, -0.05) is 18.2 Å². The minimum atomic E-state index is 0. The maximum atomic E-state index is 5.53. The Morgan fingerprint density at radius 1 is 1.18 bits per heavy atom. The molecule has 1 heterocycles. The van der Waals surface area contributed by atoms with Gasteiger partial charge in [0.15, 0.2) is 5.96 Å². The molecular formula is C22H35IN4O. The molecule has 0 unspecified atom stereocenters. The van der Waals surface area contributed by atoms with Gasteiger partial charge in [0.1, 0.15) is 0 Å².